The maximum atomic E-state index is 13.7. The molecule has 0 spiro atoms. The molecular weight excluding hydrogens is 641 g/mol. The number of carbonyl (C=O) groups is 2. The van der Waals surface area contributed by atoms with Crippen LogP contribution in [-0.4, -0.2) is 39.7 Å². The molecule has 1 aromatic heterocycles. The molecule has 1 fully saturated rings. The second-order valence-electron chi connectivity index (χ2n) is 10.4. The number of fused-ring (bicyclic) bond motifs is 1. The average molecular weight is 669 g/mol. The van der Waals surface area contributed by atoms with Crippen LogP contribution in [0, 0.1) is 0 Å². The lowest BCUT2D eigenvalue weighted by atomic mass is 9.94. The first-order valence-corrected chi connectivity index (χ1v) is 16.5. The predicted molar refractivity (Wildman–Crippen MR) is 173 cm³/mol. The molecule has 1 N–H and O–H groups in total. The maximum absolute atomic E-state index is 13.7. The van der Waals surface area contributed by atoms with Gasteiger partial charge in [-0.05, 0) is 72.5 Å². The molecule has 226 valence electrons. The van der Waals surface area contributed by atoms with Crippen LogP contribution < -0.4 is 14.4 Å². The van der Waals surface area contributed by atoms with Crippen LogP contribution in [0.1, 0.15) is 48.6 Å². The minimum atomic E-state index is -0.958. The highest BCUT2D eigenvalue weighted by molar-refractivity contribution is 8.00. The van der Waals surface area contributed by atoms with Crippen molar-refractivity contribution in [3.63, 3.8) is 0 Å². The number of carbonyl (C=O) groups excluding carboxylic acids is 2. The Morgan fingerprint density at radius 3 is 2.77 bits per heavy atom. The van der Waals surface area contributed by atoms with Crippen molar-refractivity contribution in [2.75, 3.05) is 11.5 Å². The third kappa shape index (κ3) is 6.04. The Hall–Kier alpha value is -3.57. The number of thioether (sulfide) groups is 1. The van der Waals surface area contributed by atoms with E-state index in [0.29, 0.717) is 50.0 Å². The van der Waals surface area contributed by atoms with Gasteiger partial charge in [0.1, 0.15) is 23.4 Å². The van der Waals surface area contributed by atoms with E-state index in [2.05, 4.69) is 10.2 Å². The number of ether oxygens (including phenoxy) is 2. The van der Waals surface area contributed by atoms with Gasteiger partial charge >= 0.3 is 5.91 Å². The molecule has 3 aromatic carbocycles. The second kappa shape index (κ2) is 12.8. The van der Waals surface area contributed by atoms with Gasteiger partial charge in [0.25, 0.3) is 5.78 Å². The van der Waals surface area contributed by atoms with E-state index in [1.54, 1.807) is 48.5 Å². The molecule has 0 aliphatic carbocycles. The Bertz CT molecular complexity index is 1790. The number of rotatable bonds is 9. The van der Waals surface area contributed by atoms with Crippen molar-refractivity contribution in [3.8, 4) is 11.5 Å². The summed E-state index contributed by atoms with van der Waals surface area (Å²) in [6, 6.07) is 16.8. The molecule has 2 atom stereocenters. The smallest absolute Gasteiger partial charge is 0.301 e. The van der Waals surface area contributed by atoms with Gasteiger partial charge in [0.05, 0.1) is 18.2 Å². The van der Waals surface area contributed by atoms with Crippen LogP contribution in [0.25, 0.3) is 5.76 Å². The quantitative estimate of drug-likeness (QED) is 0.0632. The molecule has 0 bridgehead atoms. The predicted octanol–water partition coefficient (Wildman–Crippen LogP) is 7.88. The fraction of sp³-hybridized carbons (Fsp3) is 0.250. The molecule has 8 nitrogen and oxygen atoms in total. The van der Waals surface area contributed by atoms with E-state index in [9.17, 15) is 14.7 Å². The highest BCUT2D eigenvalue weighted by atomic mass is 35.5. The molecule has 1 saturated heterocycles. The number of Topliss-reactive ketones (excluding diaryl/α,β-unsaturated/α-hetero) is 1. The van der Waals surface area contributed by atoms with Gasteiger partial charge in [0, 0.05) is 27.8 Å². The Kier molecular flexibility index (Phi) is 8.87. The lowest BCUT2D eigenvalue weighted by molar-refractivity contribution is -0.132. The topological polar surface area (TPSA) is 102 Å². The summed E-state index contributed by atoms with van der Waals surface area (Å²) in [4.78, 5) is 28.7. The highest BCUT2D eigenvalue weighted by Gasteiger charge is 2.48. The summed E-state index contributed by atoms with van der Waals surface area (Å²) in [7, 11) is 0. The van der Waals surface area contributed by atoms with Crippen LogP contribution >= 0.6 is 46.3 Å². The molecule has 0 unspecified atom stereocenters. The number of hydrogen-bond acceptors (Lipinski definition) is 9. The number of nitrogens with zero attached hydrogens (tertiary/aromatic N) is 3. The van der Waals surface area contributed by atoms with Crippen LogP contribution in [0.15, 0.2) is 70.6 Å². The zero-order valence-corrected chi connectivity index (χ0v) is 26.9. The molecule has 2 aliphatic heterocycles. The van der Waals surface area contributed by atoms with Crippen molar-refractivity contribution < 1.29 is 24.2 Å². The number of halogens is 2. The van der Waals surface area contributed by atoms with Crippen molar-refractivity contribution in [1.29, 1.82) is 0 Å². The fourth-order valence-corrected chi connectivity index (χ4v) is 7.63. The fourth-order valence-electron chi connectivity index (χ4n) is 5.20. The van der Waals surface area contributed by atoms with Gasteiger partial charge in [0.2, 0.25) is 5.13 Å². The van der Waals surface area contributed by atoms with E-state index in [-0.39, 0.29) is 22.6 Å². The number of benzene rings is 3. The lowest BCUT2D eigenvalue weighted by Crippen LogP contribution is -2.29. The van der Waals surface area contributed by atoms with Crippen LogP contribution in [0.5, 0.6) is 11.5 Å². The summed E-state index contributed by atoms with van der Waals surface area (Å²) in [6.45, 7) is 4.48. The molecule has 0 radical (unpaired) electrons. The zero-order valence-electron chi connectivity index (χ0n) is 23.8. The van der Waals surface area contributed by atoms with Crippen molar-refractivity contribution in [3.05, 3.63) is 98.5 Å². The summed E-state index contributed by atoms with van der Waals surface area (Å²) in [5.41, 5.74) is 2.78. The first kappa shape index (κ1) is 30.5. The highest BCUT2D eigenvalue weighted by Crippen LogP contribution is 2.45. The van der Waals surface area contributed by atoms with Gasteiger partial charge < -0.3 is 14.6 Å². The van der Waals surface area contributed by atoms with Crippen molar-refractivity contribution in [2.24, 2.45) is 0 Å². The Morgan fingerprint density at radius 2 is 1.98 bits per heavy atom. The van der Waals surface area contributed by atoms with E-state index >= 15 is 0 Å². The standard InChI is InChI=1S/C32H27Cl2N3O5S2/c1-3-11-41-23-6-4-5-18(14-23)27-26(28(38)19-8-10-25-21(13-19)12-17(2)42-25)29(39)30(40)37(27)31-35-36-32(44-31)43-16-20-7-9-22(33)15-24(20)34/h4-10,13-15,17,27,38H,3,11-12,16H2,1-2H3/b28-26+/t17-,27-/m0/s1. The summed E-state index contributed by atoms with van der Waals surface area (Å²) in [5, 5.41) is 21.5. The number of hydrogen-bond donors (Lipinski definition) is 1. The van der Waals surface area contributed by atoms with Gasteiger partial charge in [-0.3, -0.25) is 14.5 Å². The van der Waals surface area contributed by atoms with Crippen LogP contribution in [0.3, 0.4) is 0 Å². The number of ketones is 1. The summed E-state index contributed by atoms with van der Waals surface area (Å²) in [5.74, 6) is -0.0466. The van der Waals surface area contributed by atoms with E-state index in [1.807, 2.05) is 26.0 Å². The molecule has 2 aliphatic rings. The molecule has 4 aromatic rings. The van der Waals surface area contributed by atoms with Crippen molar-refractivity contribution >= 4 is 68.9 Å². The molecule has 0 saturated carbocycles. The van der Waals surface area contributed by atoms with Crippen molar-refractivity contribution in [2.45, 2.75) is 48.9 Å². The number of aliphatic hydroxyl groups is 1. The molecule has 6 rings (SSSR count). The molecule has 12 heteroatoms. The number of aromatic nitrogens is 2. The monoisotopic (exact) mass is 667 g/mol. The summed E-state index contributed by atoms with van der Waals surface area (Å²) in [6.07, 6.45) is 1.51. The van der Waals surface area contributed by atoms with Gasteiger partial charge in [0.15, 0.2) is 4.34 Å². The average Bonchev–Trinajstić information content (AvgIpc) is 3.70. The largest absolute Gasteiger partial charge is 0.507 e. The van der Waals surface area contributed by atoms with E-state index < -0.39 is 17.7 Å². The van der Waals surface area contributed by atoms with Gasteiger partial charge in [-0.2, -0.15) is 0 Å². The summed E-state index contributed by atoms with van der Waals surface area (Å²) >= 11 is 14.9. The lowest BCUT2D eigenvalue weighted by Gasteiger charge is -2.23. The normalized spacial score (nSPS) is 18.9. The number of anilines is 1. The molecular formula is C32H27Cl2N3O5S2. The Labute approximate surface area is 272 Å². The Balaban J connectivity index is 1.39. The SMILES string of the molecule is CCCOc1cccc([C@H]2/C(=C(\O)c3ccc4c(c3)C[C@H](C)O4)C(=O)C(=O)N2c2nnc(SCc3ccc(Cl)cc3Cl)s2)c1. The van der Waals surface area contributed by atoms with Gasteiger partial charge in [-0.1, -0.05) is 71.4 Å². The molecule has 3 heterocycles. The van der Waals surface area contributed by atoms with Gasteiger partial charge in [-0.15, -0.1) is 10.2 Å². The van der Waals surface area contributed by atoms with E-state index in [1.165, 1.54) is 28.0 Å². The number of aliphatic hydroxyl groups excluding tert-OH is 1. The first-order valence-electron chi connectivity index (χ1n) is 14.0. The Morgan fingerprint density at radius 1 is 1.14 bits per heavy atom. The van der Waals surface area contributed by atoms with Crippen LogP contribution in [0.4, 0.5) is 5.13 Å². The van der Waals surface area contributed by atoms with Crippen LogP contribution in [-0.2, 0) is 21.8 Å². The molecule has 1 amide bonds. The van der Waals surface area contributed by atoms with Crippen LogP contribution in [0.2, 0.25) is 10.0 Å². The van der Waals surface area contributed by atoms with E-state index in [0.717, 1.165) is 23.3 Å². The summed E-state index contributed by atoms with van der Waals surface area (Å²) < 4.78 is 12.2. The van der Waals surface area contributed by atoms with Gasteiger partial charge in [-0.25, -0.2) is 0 Å². The maximum Gasteiger partial charge on any atom is 0.301 e. The zero-order chi connectivity index (χ0) is 31.0. The minimum absolute atomic E-state index is 0.0130. The number of amides is 1. The van der Waals surface area contributed by atoms with E-state index in [4.69, 9.17) is 32.7 Å². The minimum Gasteiger partial charge on any atom is -0.507 e. The molecule has 44 heavy (non-hydrogen) atoms. The first-order chi connectivity index (χ1) is 21.2. The third-order valence-electron chi connectivity index (χ3n) is 7.23. The van der Waals surface area contributed by atoms with Crippen molar-refractivity contribution in [1.82, 2.24) is 10.2 Å². The second-order valence-corrected chi connectivity index (χ2v) is 13.4. The third-order valence-corrected chi connectivity index (χ3v) is 9.92.